The number of aromatic nitrogens is 1. The van der Waals surface area contributed by atoms with Crippen LogP contribution in [0, 0.1) is 6.92 Å². The van der Waals surface area contributed by atoms with Crippen molar-refractivity contribution in [2.75, 3.05) is 5.75 Å². The SMILES string of the molecule is Cc1nc(SCC2Cc3cc(Br)ccc3O2)sc1C(=O)O. The van der Waals surface area contributed by atoms with E-state index < -0.39 is 5.97 Å². The second kappa shape index (κ2) is 5.98. The number of fused-ring (bicyclic) bond motifs is 1. The first-order chi connectivity index (χ1) is 10.0. The van der Waals surface area contributed by atoms with Gasteiger partial charge in [-0.1, -0.05) is 27.7 Å². The van der Waals surface area contributed by atoms with Gasteiger partial charge in [-0.05, 0) is 30.7 Å². The Morgan fingerprint density at radius 1 is 1.62 bits per heavy atom. The van der Waals surface area contributed by atoms with Crippen molar-refractivity contribution in [3.63, 3.8) is 0 Å². The van der Waals surface area contributed by atoms with Crippen LogP contribution >= 0.6 is 39.0 Å². The molecule has 1 N–H and O–H groups in total. The first kappa shape index (κ1) is 14.9. The Morgan fingerprint density at radius 3 is 3.14 bits per heavy atom. The minimum absolute atomic E-state index is 0.108. The van der Waals surface area contributed by atoms with Crippen molar-refractivity contribution in [1.82, 2.24) is 4.98 Å². The van der Waals surface area contributed by atoms with Crippen LogP contribution in [0.1, 0.15) is 20.9 Å². The molecule has 1 unspecified atom stereocenters. The molecule has 1 aromatic heterocycles. The Balaban J connectivity index is 1.62. The Bertz CT molecular complexity index is 702. The third-order valence-electron chi connectivity index (χ3n) is 3.13. The summed E-state index contributed by atoms with van der Waals surface area (Å²) in [4.78, 5) is 15.6. The lowest BCUT2D eigenvalue weighted by Gasteiger charge is -2.08. The molecular formula is C14H12BrNO3S2. The molecule has 2 heterocycles. The van der Waals surface area contributed by atoms with Gasteiger partial charge in [-0.2, -0.15) is 0 Å². The molecule has 0 spiro atoms. The molecule has 110 valence electrons. The summed E-state index contributed by atoms with van der Waals surface area (Å²) >= 11 is 6.24. The van der Waals surface area contributed by atoms with Crippen LogP contribution in [-0.4, -0.2) is 27.9 Å². The average molecular weight is 386 g/mol. The maximum atomic E-state index is 11.0. The zero-order chi connectivity index (χ0) is 15.0. The van der Waals surface area contributed by atoms with Crippen molar-refractivity contribution >= 4 is 45.0 Å². The summed E-state index contributed by atoms with van der Waals surface area (Å²) in [5.41, 5.74) is 1.78. The highest BCUT2D eigenvalue weighted by Crippen LogP contribution is 2.34. The Morgan fingerprint density at radius 2 is 2.43 bits per heavy atom. The van der Waals surface area contributed by atoms with Crippen LogP contribution < -0.4 is 4.74 Å². The predicted octanol–water partition coefficient (Wildman–Crippen LogP) is 4.01. The lowest BCUT2D eigenvalue weighted by Crippen LogP contribution is -2.15. The monoisotopic (exact) mass is 385 g/mol. The van der Waals surface area contributed by atoms with E-state index in [1.165, 1.54) is 16.9 Å². The first-order valence-corrected chi connectivity index (χ1v) is 8.91. The third kappa shape index (κ3) is 3.25. The molecule has 0 saturated carbocycles. The predicted molar refractivity (Wildman–Crippen MR) is 86.8 cm³/mol. The zero-order valence-corrected chi connectivity index (χ0v) is 14.3. The molecule has 1 aromatic carbocycles. The van der Waals surface area contributed by atoms with Crippen LogP contribution in [0.3, 0.4) is 0 Å². The van der Waals surface area contributed by atoms with Crippen molar-refractivity contribution in [2.24, 2.45) is 0 Å². The van der Waals surface area contributed by atoms with Gasteiger partial charge in [0.15, 0.2) is 4.34 Å². The highest BCUT2D eigenvalue weighted by Gasteiger charge is 2.24. The van der Waals surface area contributed by atoms with E-state index in [1.807, 2.05) is 12.1 Å². The number of hydrogen-bond acceptors (Lipinski definition) is 5. The first-order valence-electron chi connectivity index (χ1n) is 6.31. The van der Waals surface area contributed by atoms with E-state index in [4.69, 9.17) is 9.84 Å². The van der Waals surface area contributed by atoms with E-state index in [0.717, 1.165) is 26.7 Å². The number of hydrogen-bond donors (Lipinski definition) is 1. The number of carboxylic acids is 1. The molecule has 21 heavy (non-hydrogen) atoms. The number of carbonyl (C=O) groups is 1. The van der Waals surface area contributed by atoms with Gasteiger partial charge in [-0.25, -0.2) is 9.78 Å². The highest BCUT2D eigenvalue weighted by molar-refractivity contribution is 9.10. The summed E-state index contributed by atoms with van der Waals surface area (Å²) < 4.78 is 7.73. The fraction of sp³-hybridized carbons (Fsp3) is 0.286. The van der Waals surface area contributed by atoms with Crippen LogP contribution in [0.25, 0.3) is 0 Å². The molecule has 1 atom stereocenters. The van der Waals surface area contributed by atoms with Gasteiger partial charge in [0.25, 0.3) is 0 Å². The van der Waals surface area contributed by atoms with Crippen LogP contribution in [0.4, 0.5) is 0 Å². The topological polar surface area (TPSA) is 59.4 Å². The van der Waals surface area contributed by atoms with Crippen molar-refractivity contribution < 1.29 is 14.6 Å². The smallest absolute Gasteiger partial charge is 0.347 e. The Hall–Kier alpha value is -1.05. The van der Waals surface area contributed by atoms with E-state index in [0.29, 0.717) is 10.6 Å². The van der Waals surface area contributed by atoms with E-state index in [2.05, 4.69) is 27.0 Å². The van der Waals surface area contributed by atoms with E-state index in [-0.39, 0.29) is 6.10 Å². The van der Waals surface area contributed by atoms with E-state index >= 15 is 0 Å². The lowest BCUT2D eigenvalue weighted by molar-refractivity contribution is 0.0701. The summed E-state index contributed by atoms with van der Waals surface area (Å²) in [6.45, 7) is 1.73. The summed E-state index contributed by atoms with van der Waals surface area (Å²) in [6, 6.07) is 6.02. The van der Waals surface area contributed by atoms with E-state index in [1.54, 1.807) is 18.7 Å². The Labute approximate surface area is 138 Å². The number of rotatable bonds is 4. The highest BCUT2D eigenvalue weighted by atomic mass is 79.9. The number of aryl methyl sites for hydroxylation is 1. The molecular weight excluding hydrogens is 374 g/mol. The van der Waals surface area contributed by atoms with Crippen LogP contribution in [-0.2, 0) is 6.42 Å². The van der Waals surface area contributed by atoms with Crippen LogP contribution in [0.5, 0.6) is 5.75 Å². The molecule has 2 aromatic rings. The number of halogens is 1. The van der Waals surface area contributed by atoms with Gasteiger partial charge in [0.2, 0.25) is 0 Å². The van der Waals surface area contributed by atoms with Crippen LogP contribution in [0.15, 0.2) is 27.0 Å². The summed E-state index contributed by atoms with van der Waals surface area (Å²) in [5.74, 6) is 0.787. The Kier molecular flexibility index (Phi) is 4.24. The van der Waals surface area contributed by atoms with Gasteiger partial charge in [-0.3, -0.25) is 0 Å². The number of benzene rings is 1. The molecule has 7 heteroatoms. The number of nitrogens with zero attached hydrogens (tertiary/aromatic N) is 1. The van der Waals surface area contributed by atoms with Crippen molar-refractivity contribution in [3.05, 3.63) is 38.8 Å². The fourth-order valence-electron chi connectivity index (χ4n) is 2.18. The molecule has 0 amide bonds. The minimum atomic E-state index is -0.911. The summed E-state index contributed by atoms with van der Waals surface area (Å²) in [5, 5.41) is 9.04. The van der Waals surface area contributed by atoms with Gasteiger partial charge < -0.3 is 9.84 Å². The third-order valence-corrected chi connectivity index (χ3v) is 6.04. The molecule has 0 saturated heterocycles. The van der Waals surface area contributed by atoms with Crippen LogP contribution in [0.2, 0.25) is 0 Å². The average Bonchev–Trinajstić information content (AvgIpc) is 2.99. The molecule has 0 aliphatic carbocycles. The van der Waals surface area contributed by atoms with Gasteiger partial charge in [-0.15, -0.1) is 11.3 Å². The molecule has 0 bridgehead atoms. The van der Waals surface area contributed by atoms with Gasteiger partial charge >= 0.3 is 5.97 Å². The summed E-state index contributed by atoms with van der Waals surface area (Å²) in [6.07, 6.45) is 0.981. The standard InChI is InChI=1S/C14H12BrNO3S2/c1-7-12(13(17)18)21-14(16-7)20-6-10-5-8-4-9(15)2-3-11(8)19-10/h2-4,10H,5-6H2,1H3,(H,17,18). The molecule has 1 aliphatic rings. The van der Waals surface area contributed by atoms with E-state index in [9.17, 15) is 4.79 Å². The molecule has 3 rings (SSSR count). The summed E-state index contributed by atoms with van der Waals surface area (Å²) in [7, 11) is 0. The number of carboxylic acid groups (broad SMARTS) is 1. The van der Waals surface area contributed by atoms with Crippen molar-refractivity contribution in [3.8, 4) is 5.75 Å². The number of aromatic carboxylic acids is 1. The normalized spacial score (nSPS) is 16.6. The fourth-order valence-corrected chi connectivity index (χ4v) is 4.63. The minimum Gasteiger partial charge on any atom is -0.489 e. The van der Waals surface area contributed by atoms with Gasteiger partial charge in [0.05, 0.1) is 5.69 Å². The number of ether oxygens (including phenoxy) is 1. The number of thiazole rings is 1. The molecule has 0 fully saturated rings. The molecule has 4 nitrogen and oxygen atoms in total. The van der Waals surface area contributed by atoms with Gasteiger partial charge in [0, 0.05) is 16.6 Å². The zero-order valence-electron chi connectivity index (χ0n) is 11.1. The van der Waals surface area contributed by atoms with Crippen molar-refractivity contribution in [2.45, 2.75) is 23.8 Å². The lowest BCUT2D eigenvalue weighted by atomic mass is 10.1. The largest absolute Gasteiger partial charge is 0.489 e. The quantitative estimate of drug-likeness (QED) is 0.805. The molecule has 0 radical (unpaired) electrons. The maximum Gasteiger partial charge on any atom is 0.347 e. The van der Waals surface area contributed by atoms with Crippen molar-refractivity contribution in [1.29, 1.82) is 0 Å². The molecule has 1 aliphatic heterocycles. The second-order valence-electron chi connectivity index (χ2n) is 4.71. The van der Waals surface area contributed by atoms with Gasteiger partial charge in [0.1, 0.15) is 16.7 Å². The second-order valence-corrected chi connectivity index (χ2v) is 7.89. The number of thioether (sulfide) groups is 1. The maximum absolute atomic E-state index is 11.0.